The Kier molecular flexibility index (Phi) is 6.25. The van der Waals surface area contributed by atoms with Crippen LogP contribution in [0.4, 0.5) is 9.93 Å². The summed E-state index contributed by atoms with van der Waals surface area (Å²) in [6.07, 6.45) is 1.87. The highest BCUT2D eigenvalue weighted by molar-refractivity contribution is 7.15. The number of primary amides is 1. The number of carbonyl (C=O) groups excluding carboxylic acids is 2. The summed E-state index contributed by atoms with van der Waals surface area (Å²) in [6.45, 7) is 3.98. The normalized spacial score (nSPS) is 11.8. The Bertz CT molecular complexity index is 716. The standard InChI is InChI=1S/C16H21N5O2S/c1-3-6-14-20-21-16(24-14)19-13(22)9-12(18-15(17)23)11-8-5-4-7-10(11)2/h4-5,7-8,12H,3,6,9H2,1-2H3,(H3,17,18,23)(H,19,21,22)/t12-/m0/s1. The van der Waals surface area contributed by atoms with Crippen molar-refractivity contribution in [3.63, 3.8) is 0 Å². The molecule has 0 aliphatic carbocycles. The fourth-order valence-corrected chi connectivity index (χ4v) is 3.22. The van der Waals surface area contributed by atoms with Crippen LogP contribution < -0.4 is 16.4 Å². The molecule has 1 heterocycles. The van der Waals surface area contributed by atoms with Crippen LogP contribution in [0, 0.1) is 6.92 Å². The van der Waals surface area contributed by atoms with E-state index in [9.17, 15) is 9.59 Å². The molecule has 2 aromatic rings. The van der Waals surface area contributed by atoms with Crippen LogP contribution in [0.3, 0.4) is 0 Å². The highest BCUT2D eigenvalue weighted by Gasteiger charge is 2.20. The van der Waals surface area contributed by atoms with Gasteiger partial charge in [0.05, 0.1) is 12.5 Å². The maximum Gasteiger partial charge on any atom is 0.312 e. The number of benzene rings is 1. The zero-order valence-electron chi connectivity index (χ0n) is 13.7. The molecule has 24 heavy (non-hydrogen) atoms. The minimum atomic E-state index is -0.669. The third-order valence-corrected chi connectivity index (χ3v) is 4.35. The third kappa shape index (κ3) is 5.02. The Balaban J connectivity index is 2.06. The second-order valence-electron chi connectivity index (χ2n) is 5.42. The first-order valence-electron chi connectivity index (χ1n) is 7.73. The zero-order valence-corrected chi connectivity index (χ0v) is 14.5. The van der Waals surface area contributed by atoms with Gasteiger partial charge in [-0.25, -0.2) is 4.79 Å². The molecule has 3 amide bonds. The number of hydrogen-bond acceptors (Lipinski definition) is 5. The number of aromatic nitrogens is 2. The third-order valence-electron chi connectivity index (χ3n) is 3.45. The van der Waals surface area contributed by atoms with Crippen molar-refractivity contribution in [1.29, 1.82) is 0 Å². The van der Waals surface area contributed by atoms with Crippen LogP contribution in [0.1, 0.15) is 41.9 Å². The second kappa shape index (κ2) is 8.39. The number of amides is 3. The quantitative estimate of drug-likeness (QED) is 0.715. The largest absolute Gasteiger partial charge is 0.352 e. The molecule has 1 aromatic heterocycles. The summed E-state index contributed by atoms with van der Waals surface area (Å²) in [5.41, 5.74) is 7.08. The zero-order chi connectivity index (χ0) is 17.5. The van der Waals surface area contributed by atoms with Crippen molar-refractivity contribution in [1.82, 2.24) is 15.5 Å². The molecule has 0 unspecified atom stereocenters. The summed E-state index contributed by atoms with van der Waals surface area (Å²) in [6, 6.07) is 6.39. The van der Waals surface area contributed by atoms with Crippen LogP contribution in [0.15, 0.2) is 24.3 Å². The van der Waals surface area contributed by atoms with E-state index in [1.807, 2.05) is 31.2 Å². The number of urea groups is 1. The molecule has 4 N–H and O–H groups in total. The average Bonchev–Trinajstić information content (AvgIpc) is 2.94. The van der Waals surface area contributed by atoms with Gasteiger partial charge in [0, 0.05) is 6.42 Å². The minimum Gasteiger partial charge on any atom is -0.352 e. The summed E-state index contributed by atoms with van der Waals surface area (Å²) < 4.78 is 0. The van der Waals surface area contributed by atoms with Crippen molar-refractivity contribution >= 4 is 28.4 Å². The molecule has 0 fully saturated rings. The number of aryl methyl sites for hydroxylation is 2. The number of anilines is 1. The molecule has 0 saturated heterocycles. The van der Waals surface area contributed by atoms with E-state index in [1.165, 1.54) is 11.3 Å². The van der Waals surface area contributed by atoms with E-state index >= 15 is 0 Å². The highest BCUT2D eigenvalue weighted by atomic mass is 32.1. The van der Waals surface area contributed by atoms with Crippen LogP contribution >= 0.6 is 11.3 Å². The van der Waals surface area contributed by atoms with Gasteiger partial charge in [-0.15, -0.1) is 10.2 Å². The topological polar surface area (TPSA) is 110 Å². The molecule has 0 saturated carbocycles. The Morgan fingerprint density at radius 1 is 1.29 bits per heavy atom. The van der Waals surface area contributed by atoms with E-state index in [1.54, 1.807) is 0 Å². The lowest BCUT2D eigenvalue weighted by molar-refractivity contribution is -0.116. The van der Waals surface area contributed by atoms with Gasteiger partial charge in [0.2, 0.25) is 11.0 Å². The fraction of sp³-hybridized carbons (Fsp3) is 0.375. The molecule has 0 radical (unpaired) electrons. The second-order valence-corrected chi connectivity index (χ2v) is 6.48. The number of nitrogens with two attached hydrogens (primary N) is 1. The van der Waals surface area contributed by atoms with Crippen molar-refractivity contribution in [2.45, 2.75) is 39.2 Å². The Labute approximate surface area is 144 Å². The van der Waals surface area contributed by atoms with Crippen molar-refractivity contribution in [3.8, 4) is 0 Å². The van der Waals surface area contributed by atoms with Gasteiger partial charge in [0.15, 0.2) is 0 Å². The van der Waals surface area contributed by atoms with E-state index in [0.717, 1.165) is 29.0 Å². The SMILES string of the molecule is CCCc1nnc(NC(=O)C[C@H](NC(N)=O)c2ccccc2C)s1. The van der Waals surface area contributed by atoms with Crippen LogP contribution in [0.5, 0.6) is 0 Å². The summed E-state index contributed by atoms with van der Waals surface area (Å²) in [5.74, 6) is -0.254. The monoisotopic (exact) mass is 347 g/mol. The van der Waals surface area contributed by atoms with Gasteiger partial charge >= 0.3 is 6.03 Å². The maximum atomic E-state index is 12.3. The van der Waals surface area contributed by atoms with Crippen LogP contribution in [0.2, 0.25) is 0 Å². The predicted octanol–water partition coefficient (Wildman–Crippen LogP) is 2.54. The molecule has 1 aromatic carbocycles. The first-order chi connectivity index (χ1) is 11.5. The number of carbonyl (C=O) groups is 2. The van der Waals surface area contributed by atoms with Gasteiger partial charge in [0.25, 0.3) is 0 Å². The predicted molar refractivity (Wildman–Crippen MR) is 93.8 cm³/mol. The molecule has 1 atom stereocenters. The summed E-state index contributed by atoms with van der Waals surface area (Å²) >= 11 is 1.36. The van der Waals surface area contributed by atoms with Crippen LogP contribution in [0.25, 0.3) is 0 Å². The molecule has 8 heteroatoms. The van der Waals surface area contributed by atoms with E-state index in [0.29, 0.717) is 5.13 Å². The highest BCUT2D eigenvalue weighted by Crippen LogP contribution is 2.22. The molecule has 0 aliphatic rings. The summed E-state index contributed by atoms with van der Waals surface area (Å²) in [4.78, 5) is 23.6. The van der Waals surface area contributed by atoms with E-state index in [-0.39, 0.29) is 12.3 Å². The summed E-state index contributed by atoms with van der Waals surface area (Å²) in [5, 5.41) is 14.7. The lowest BCUT2D eigenvalue weighted by atomic mass is 9.98. The molecule has 2 rings (SSSR count). The molecule has 7 nitrogen and oxygen atoms in total. The molecule has 128 valence electrons. The Morgan fingerprint density at radius 2 is 2.04 bits per heavy atom. The number of nitrogens with one attached hydrogen (secondary N) is 2. The Hall–Kier alpha value is -2.48. The lowest BCUT2D eigenvalue weighted by Gasteiger charge is -2.19. The number of nitrogens with zero attached hydrogens (tertiary/aromatic N) is 2. The molecular formula is C16H21N5O2S. The Morgan fingerprint density at radius 3 is 2.71 bits per heavy atom. The van der Waals surface area contributed by atoms with Gasteiger partial charge in [-0.3, -0.25) is 4.79 Å². The smallest absolute Gasteiger partial charge is 0.312 e. The van der Waals surface area contributed by atoms with Gasteiger partial charge < -0.3 is 16.4 Å². The van der Waals surface area contributed by atoms with Crippen molar-refractivity contribution in [3.05, 3.63) is 40.4 Å². The van der Waals surface area contributed by atoms with Gasteiger partial charge in [0.1, 0.15) is 5.01 Å². The van der Waals surface area contributed by atoms with Gasteiger partial charge in [-0.2, -0.15) is 0 Å². The van der Waals surface area contributed by atoms with Crippen LogP contribution in [-0.4, -0.2) is 22.1 Å². The molecule has 0 aliphatic heterocycles. The number of hydrogen-bond donors (Lipinski definition) is 3. The fourth-order valence-electron chi connectivity index (χ4n) is 2.36. The van der Waals surface area contributed by atoms with E-state index < -0.39 is 12.1 Å². The van der Waals surface area contributed by atoms with Crippen LogP contribution in [-0.2, 0) is 11.2 Å². The summed E-state index contributed by atoms with van der Waals surface area (Å²) in [7, 11) is 0. The number of rotatable bonds is 7. The molecule has 0 bridgehead atoms. The first kappa shape index (κ1) is 17.9. The minimum absolute atomic E-state index is 0.0660. The van der Waals surface area contributed by atoms with Gasteiger partial charge in [-0.1, -0.05) is 42.5 Å². The van der Waals surface area contributed by atoms with Crippen molar-refractivity contribution < 1.29 is 9.59 Å². The maximum absolute atomic E-state index is 12.3. The van der Waals surface area contributed by atoms with E-state index in [2.05, 4.69) is 27.8 Å². The molecule has 0 spiro atoms. The van der Waals surface area contributed by atoms with E-state index in [4.69, 9.17) is 5.73 Å². The first-order valence-corrected chi connectivity index (χ1v) is 8.55. The average molecular weight is 347 g/mol. The lowest BCUT2D eigenvalue weighted by Crippen LogP contribution is -2.35. The van der Waals surface area contributed by atoms with Gasteiger partial charge in [-0.05, 0) is 24.5 Å². The van der Waals surface area contributed by atoms with Crippen molar-refractivity contribution in [2.75, 3.05) is 5.32 Å². The molecular weight excluding hydrogens is 326 g/mol. The van der Waals surface area contributed by atoms with Crippen molar-refractivity contribution in [2.24, 2.45) is 5.73 Å².